The van der Waals surface area contributed by atoms with E-state index in [4.69, 9.17) is 11.6 Å². The topological polar surface area (TPSA) is 0 Å². The van der Waals surface area contributed by atoms with Crippen LogP contribution in [0.2, 0.25) is 5.02 Å². The molecule has 0 aliphatic heterocycles. The summed E-state index contributed by atoms with van der Waals surface area (Å²) in [6.45, 7) is 2.14. The Bertz CT molecular complexity index is 473. The van der Waals surface area contributed by atoms with Crippen LogP contribution in [-0.2, 0) is 6.42 Å². The van der Waals surface area contributed by atoms with E-state index in [0.29, 0.717) is 5.92 Å². The average molecular weight is 249 g/mol. The fourth-order valence-corrected chi connectivity index (χ4v) is 2.01. The average Bonchev–Trinajstić information content (AvgIpc) is 2.33. The van der Waals surface area contributed by atoms with Crippen molar-refractivity contribution in [2.24, 2.45) is 0 Å². The van der Waals surface area contributed by atoms with Crippen LogP contribution < -0.4 is 0 Å². The molecule has 2 aromatic carbocycles. The molecule has 0 saturated heterocycles. The third-order valence-corrected chi connectivity index (χ3v) is 3.15. The maximum Gasteiger partial charge on any atom is 0.123 e. The fourth-order valence-electron chi connectivity index (χ4n) is 1.88. The van der Waals surface area contributed by atoms with Gasteiger partial charge < -0.3 is 0 Å². The smallest absolute Gasteiger partial charge is 0.123 e. The lowest BCUT2D eigenvalue weighted by Crippen LogP contribution is -1.98. The van der Waals surface area contributed by atoms with E-state index in [2.05, 4.69) is 6.92 Å². The van der Waals surface area contributed by atoms with Gasteiger partial charge >= 0.3 is 0 Å². The summed E-state index contributed by atoms with van der Waals surface area (Å²) in [5, 5.41) is 0.753. The molecule has 0 fully saturated rings. The normalized spacial score (nSPS) is 12.4. The largest absolute Gasteiger partial charge is 0.207 e. The summed E-state index contributed by atoms with van der Waals surface area (Å²) in [5.74, 6) is 0.184. The van der Waals surface area contributed by atoms with Gasteiger partial charge in [-0.3, -0.25) is 0 Å². The summed E-state index contributed by atoms with van der Waals surface area (Å²) in [7, 11) is 0. The van der Waals surface area contributed by atoms with Crippen molar-refractivity contribution in [3.63, 3.8) is 0 Å². The van der Waals surface area contributed by atoms with Crippen molar-refractivity contribution < 1.29 is 4.39 Å². The highest BCUT2D eigenvalue weighted by atomic mass is 35.5. The zero-order valence-electron chi connectivity index (χ0n) is 9.66. The van der Waals surface area contributed by atoms with Gasteiger partial charge in [0.05, 0.1) is 0 Å². The van der Waals surface area contributed by atoms with E-state index in [-0.39, 0.29) is 5.82 Å². The van der Waals surface area contributed by atoms with Crippen molar-refractivity contribution in [3.05, 3.63) is 70.5 Å². The molecule has 0 nitrogen and oxygen atoms in total. The Labute approximate surface area is 106 Å². The number of benzene rings is 2. The van der Waals surface area contributed by atoms with Gasteiger partial charge in [-0.1, -0.05) is 42.8 Å². The molecule has 2 rings (SSSR count). The molecule has 2 aromatic rings. The van der Waals surface area contributed by atoms with Crippen molar-refractivity contribution in [1.29, 1.82) is 0 Å². The molecular formula is C15H14ClF. The van der Waals surface area contributed by atoms with Gasteiger partial charge in [0.15, 0.2) is 0 Å². The van der Waals surface area contributed by atoms with Crippen LogP contribution in [0.25, 0.3) is 0 Å². The number of hydrogen-bond acceptors (Lipinski definition) is 0. The van der Waals surface area contributed by atoms with Gasteiger partial charge in [0.1, 0.15) is 5.82 Å². The Balaban J connectivity index is 2.08. The Morgan fingerprint density at radius 2 is 1.59 bits per heavy atom. The monoisotopic (exact) mass is 248 g/mol. The molecule has 1 unspecified atom stereocenters. The molecule has 88 valence electrons. The molecule has 0 aliphatic carbocycles. The first-order chi connectivity index (χ1) is 8.15. The first kappa shape index (κ1) is 12.1. The van der Waals surface area contributed by atoms with Crippen LogP contribution in [-0.4, -0.2) is 0 Å². The van der Waals surface area contributed by atoms with Gasteiger partial charge in [0, 0.05) is 5.02 Å². The second-order valence-electron chi connectivity index (χ2n) is 4.28. The Hall–Kier alpha value is -1.34. The maximum absolute atomic E-state index is 12.8. The third-order valence-electron chi connectivity index (χ3n) is 2.89. The lowest BCUT2D eigenvalue weighted by molar-refractivity contribution is 0.625. The maximum atomic E-state index is 12.8. The lowest BCUT2D eigenvalue weighted by Gasteiger charge is -2.12. The lowest BCUT2D eigenvalue weighted by atomic mass is 9.94. The van der Waals surface area contributed by atoms with Crippen molar-refractivity contribution in [3.8, 4) is 0 Å². The zero-order valence-corrected chi connectivity index (χ0v) is 10.4. The summed E-state index contributed by atoms with van der Waals surface area (Å²) in [6, 6.07) is 14.6. The second-order valence-corrected chi connectivity index (χ2v) is 4.72. The molecule has 0 heterocycles. The van der Waals surface area contributed by atoms with E-state index < -0.39 is 0 Å². The molecule has 17 heavy (non-hydrogen) atoms. The highest BCUT2D eigenvalue weighted by Gasteiger charge is 2.06. The first-order valence-corrected chi connectivity index (χ1v) is 6.03. The van der Waals surface area contributed by atoms with E-state index in [9.17, 15) is 4.39 Å². The molecule has 0 aliphatic rings. The van der Waals surface area contributed by atoms with Crippen LogP contribution in [0.5, 0.6) is 0 Å². The van der Waals surface area contributed by atoms with Crippen LogP contribution in [0, 0.1) is 5.82 Å². The van der Waals surface area contributed by atoms with Crippen molar-refractivity contribution in [1.82, 2.24) is 0 Å². The SMILES string of the molecule is CC(Cc1ccc(Cl)cc1)c1ccc(F)cc1. The molecule has 0 bridgehead atoms. The van der Waals surface area contributed by atoms with Crippen LogP contribution >= 0.6 is 11.6 Å². The van der Waals surface area contributed by atoms with E-state index in [1.807, 2.05) is 36.4 Å². The molecule has 2 heteroatoms. The molecule has 0 saturated carbocycles. The fraction of sp³-hybridized carbons (Fsp3) is 0.200. The molecule has 0 N–H and O–H groups in total. The summed E-state index contributed by atoms with van der Waals surface area (Å²) in [5.41, 5.74) is 2.40. The predicted molar refractivity (Wildman–Crippen MR) is 70.0 cm³/mol. The number of hydrogen-bond donors (Lipinski definition) is 0. The van der Waals surface area contributed by atoms with Gasteiger partial charge in [0.25, 0.3) is 0 Å². The van der Waals surface area contributed by atoms with Gasteiger partial charge in [0.2, 0.25) is 0 Å². The highest BCUT2D eigenvalue weighted by Crippen LogP contribution is 2.21. The van der Waals surface area contributed by atoms with E-state index in [0.717, 1.165) is 17.0 Å². The minimum atomic E-state index is -0.188. The molecule has 0 radical (unpaired) electrons. The Morgan fingerprint density at radius 1 is 1.00 bits per heavy atom. The summed E-state index contributed by atoms with van der Waals surface area (Å²) >= 11 is 5.84. The zero-order chi connectivity index (χ0) is 12.3. The van der Waals surface area contributed by atoms with Crippen molar-refractivity contribution in [2.75, 3.05) is 0 Å². The van der Waals surface area contributed by atoms with E-state index in [1.165, 1.54) is 17.7 Å². The van der Waals surface area contributed by atoms with Crippen LogP contribution in [0.1, 0.15) is 24.0 Å². The Morgan fingerprint density at radius 3 is 2.18 bits per heavy atom. The predicted octanol–water partition coefficient (Wildman–Crippen LogP) is 4.83. The molecule has 1 atom stereocenters. The molecule has 0 spiro atoms. The van der Waals surface area contributed by atoms with Crippen LogP contribution in [0.15, 0.2) is 48.5 Å². The summed E-state index contributed by atoms with van der Waals surface area (Å²) < 4.78 is 12.8. The number of halogens is 2. The number of rotatable bonds is 3. The minimum Gasteiger partial charge on any atom is -0.207 e. The highest BCUT2D eigenvalue weighted by molar-refractivity contribution is 6.30. The van der Waals surface area contributed by atoms with Gasteiger partial charge in [-0.05, 0) is 47.7 Å². The van der Waals surface area contributed by atoms with Gasteiger partial charge in [-0.15, -0.1) is 0 Å². The molecular weight excluding hydrogens is 235 g/mol. The van der Waals surface area contributed by atoms with Crippen molar-refractivity contribution >= 4 is 11.6 Å². The first-order valence-electron chi connectivity index (χ1n) is 5.65. The standard InChI is InChI=1S/C15H14ClF/c1-11(13-4-8-15(17)9-5-13)10-12-2-6-14(16)7-3-12/h2-9,11H,10H2,1H3. The summed E-state index contributed by atoms with van der Waals surface area (Å²) in [6.07, 6.45) is 0.933. The third kappa shape index (κ3) is 3.31. The second kappa shape index (κ2) is 5.33. The van der Waals surface area contributed by atoms with E-state index >= 15 is 0 Å². The summed E-state index contributed by atoms with van der Waals surface area (Å²) in [4.78, 5) is 0. The van der Waals surface area contributed by atoms with Gasteiger partial charge in [-0.2, -0.15) is 0 Å². The van der Waals surface area contributed by atoms with Crippen LogP contribution in [0.4, 0.5) is 4.39 Å². The van der Waals surface area contributed by atoms with E-state index in [1.54, 1.807) is 0 Å². The minimum absolute atomic E-state index is 0.188. The molecule has 0 amide bonds. The quantitative estimate of drug-likeness (QED) is 0.730. The van der Waals surface area contributed by atoms with Crippen molar-refractivity contribution in [2.45, 2.75) is 19.3 Å². The Kier molecular flexibility index (Phi) is 3.80. The van der Waals surface area contributed by atoms with Gasteiger partial charge in [-0.25, -0.2) is 4.39 Å². The van der Waals surface area contributed by atoms with Crippen LogP contribution in [0.3, 0.4) is 0 Å². The molecule has 0 aromatic heterocycles.